The van der Waals surface area contributed by atoms with Crippen molar-refractivity contribution in [1.82, 2.24) is 19.3 Å². The van der Waals surface area contributed by atoms with Crippen molar-refractivity contribution in [2.45, 2.75) is 13.2 Å². The maximum absolute atomic E-state index is 6.22. The summed E-state index contributed by atoms with van der Waals surface area (Å²) in [5, 5.41) is 0. The van der Waals surface area contributed by atoms with Crippen molar-refractivity contribution < 1.29 is 4.84 Å². The number of hydrogen-bond donors (Lipinski definition) is 0. The Hall–Kier alpha value is -3.86. The van der Waals surface area contributed by atoms with Crippen LogP contribution in [-0.2, 0) is 13.2 Å². The van der Waals surface area contributed by atoms with Crippen LogP contribution in [-0.4, -0.2) is 19.3 Å². The number of imidazole rings is 2. The maximum atomic E-state index is 6.22. The summed E-state index contributed by atoms with van der Waals surface area (Å²) in [6.07, 6.45) is 5.57. The van der Waals surface area contributed by atoms with Gasteiger partial charge in [-0.1, -0.05) is 66.7 Å². The highest BCUT2D eigenvalue weighted by Crippen LogP contribution is 2.25. The first kappa shape index (κ1) is 17.3. The smallest absolute Gasteiger partial charge is 0.176 e. The van der Waals surface area contributed by atoms with Crippen molar-refractivity contribution in [3.63, 3.8) is 0 Å². The van der Waals surface area contributed by atoms with Gasteiger partial charge in [-0.25, -0.2) is 9.97 Å². The van der Waals surface area contributed by atoms with Gasteiger partial charge in [-0.05, 0) is 23.3 Å². The Morgan fingerprint density at radius 3 is 2.38 bits per heavy atom. The molecule has 5 nitrogen and oxygen atoms in total. The average molecular weight is 380 g/mol. The first-order valence-corrected chi connectivity index (χ1v) is 9.56. The van der Waals surface area contributed by atoms with E-state index in [1.165, 1.54) is 5.56 Å². The number of fused-ring (bicyclic) bond motifs is 1. The van der Waals surface area contributed by atoms with E-state index >= 15 is 0 Å². The second kappa shape index (κ2) is 7.64. The molecule has 5 rings (SSSR count). The largest absolute Gasteiger partial charge is 0.407 e. The molecular formula is C24H20N4O. The topological polar surface area (TPSA) is 44.9 Å². The van der Waals surface area contributed by atoms with Gasteiger partial charge in [0, 0.05) is 24.5 Å². The van der Waals surface area contributed by atoms with Crippen molar-refractivity contribution in [3.8, 4) is 11.4 Å². The highest BCUT2D eigenvalue weighted by atomic mass is 16.7. The van der Waals surface area contributed by atoms with Crippen molar-refractivity contribution in [3.05, 3.63) is 109 Å². The fourth-order valence-corrected chi connectivity index (χ4v) is 3.41. The van der Waals surface area contributed by atoms with Gasteiger partial charge >= 0.3 is 0 Å². The Kier molecular flexibility index (Phi) is 4.54. The third-order valence-corrected chi connectivity index (χ3v) is 4.84. The van der Waals surface area contributed by atoms with E-state index in [0.717, 1.165) is 34.5 Å². The maximum Gasteiger partial charge on any atom is 0.176 e. The summed E-state index contributed by atoms with van der Waals surface area (Å²) in [4.78, 5) is 15.2. The first-order valence-electron chi connectivity index (χ1n) is 9.56. The Morgan fingerprint density at radius 2 is 1.62 bits per heavy atom. The molecule has 5 aromatic rings. The van der Waals surface area contributed by atoms with Gasteiger partial charge in [0.15, 0.2) is 5.82 Å². The molecule has 0 unspecified atom stereocenters. The van der Waals surface area contributed by atoms with Crippen LogP contribution in [0.15, 0.2) is 97.6 Å². The minimum absolute atomic E-state index is 0.475. The molecule has 3 aromatic carbocycles. The zero-order chi connectivity index (χ0) is 19.5. The molecule has 2 heterocycles. The van der Waals surface area contributed by atoms with E-state index < -0.39 is 0 Å². The fourth-order valence-electron chi connectivity index (χ4n) is 3.41. The lowest BCUT2D eigenvalue weighted by Crippen LogP contribution is -2.12. The normalized spacial score (nSPS) is 11.0. The number of aromatic nitrogens is 4. The van der Waals surface area contributed by atoms with Crippen molar-refractivity contribution in [2.75, 3.05) is 0 Å². The van der Waals surface area contributed by atoms with Crippen LogP contribution in [0.2, 0.25) is 0 Å². The highest BCUT2D eigenvalue weighted by molar-refractivity contribution is 5.81. The number of nitrogens with zero attached hydrogens (tertiary/aromatic N) is 4. The van der Waals surface area contributed by atoms with Crippen LogP contribution in [0.1, 0.15) is 11.1 Å². The Balaban J connectivity index is 1.54. The molecule has 0 aliphatic carbocycles. The third kappa shape index (κ3) is 3.62. The fraction of sp³-hybridized carbons (Fsp3) is 0.0833. The van der Waals surface area contributed by atoms with Gasteiger partial charge in [-0.2, -0.15) is 4.73 Å². The summed E-state index contributed by atoms with van der Waals surface area (Å²) in [7, 11) is 0. The van der Waals surface area contributed by atoms with E-state index in [2.05, 4.69) is 47.4 Å². The molecule has 5 heteroatoms. The van der Waals surface area contributed by atoms with Crippen LogP contribution in [0.5, 0.6) is 0 Å². The van der Waals surface area contributed by atoms with Crippen molar-refractivity contribution in [1.29, 1.82) is 0 Å². The predicted molar refractivity (Wildman–Crippen MR) is 113 cm³/mol. The molecule has 0 N–H and O–H groups in total. The summed E-state index contributed by atoms with van der Waals surface area (Å²) in [6, 6.07) is 26.6. The molecule has 0 aliphatic rings. The molecule has 0 saturated carbocycles. The molecule has 0 spiro atoms. The SMILES string of the molecule is c1ccc(COn2c(-c3ccccc3)nc3cc(Cn4ccnc4)ccc32)cc1. The van der Waals surface area contributed by atoms with E-state index in [0.29, 0.717) is 6.61 Å². The molecule has 0 atom stereocenters. The molecule has 142 valence electrons. The van der Waals surface area contributed by atoms with Gasteiger partial charge in [0.2, 0.25) is 0 Å². The van der Waals surface area contributed by atoms with Crippen LogP contribution in [0.3, 0.4) is 0 Å². The quantitative estimate of drug-likeness (QED) is 0.433. The van der Waals surface area contributed by atoms with Crippen LogP contribution in [0, 0.1) is 0 Å². The van der Waals surface area contributed by atoms with Crippen LogP contribution < -0.4 is 4.84 Å². The van der Waals surface area contributed by atoms with Gasteiger partial charge in [-0.15, -0.1) is 0 Å². The van der Waals surface area contributed by atoms with E-state index in [1.807, 2.05) is 58.2 Å². The number of benzene rings is 3. The van der Waals surface area contributed by atoms with Gasteiger partial charge in [0.05, 0.1) is 11.8 Å². The molecule has 0 bridgehead atoms. The second-order valence-electron chi connectivity index (χ2n) is 6.91. The molecule has 29 heavy (non-hydrogen) atoms. The van der Waals surface area contributed by atoms with Gasteiger partial charge in [0.1, 0.15) is 12.1 Å². The first-order chi connectivity index (χ1) is 14.4. The Bertz CT molecular complexity index is 1210. The van der Waals surface area contributed by atoms with E-state index in [4.69, 9.17) is 9.82 Å². The highest BCUT2D eigenvalue weighted by Gasteiger charge is 2.14. The average Bonchev–Trinajstić information content (AvgIpc) is 3.41. The third-order valence-electron chi connectivity index (χ3n) is 4.84. The standard InChI is InChI=1S/C24H20N4O/c1-3-7-19(8-4-1)17-29-28-23-12-11-20(16-27-14-13-25-18-27)15-22(23)26-24(28)21-9-5-2-6-10-21/h1-15,18H,16-17H2. The molecule has 0 fully saturated rings. The summed E-state index contributed by atoms with van der Waals surface area (Å²) in [5.41, 5.74) is 5.17. The number of rotatable bonds is 6. The molecular weight excluding hydrogens is 360 g/mol. The van der Waals surface area contributed by atoms with Crippen LogP contribution in [0.25, 0.3) is 22.4 Å². The Labute approximate surface area is 168 Å². The van der Waals surface area contributed by atoms with Gasteiger partial charge in [-0.3, -0.25) is 0 Å². The lowest BCUT2D eigenvalue weighted by Gasteiger charge is -2.11. The second-order valence-corrected chi connectivity index (χ2v) is 6.91. The van der Waals surface area contributed by atoms with Crippen LogP contribution in [0.4, 0.5) is 0 Å². The zero-order valence-corrected chi connectivity index (χ0v) is 15.8. The van der Waals surface area contributed by atoms with E-state index in [9.17, 15) is 0 Å². The molecule has 0 aliphatic heterocycles. The summed E-state index contributed by atoms with van der Waals surface area (Å²) >= 11 is 0. The lowest BCUT2D eigenvalue weighted by atomic mass is 10.2. The Morgan fingerprint density at radius 1 is 0.828 bits per heavy atom. The van der Waals surface area contributed by atoms with E-state index in [1.54, 1.807) is 6.20 Å². The van der Waals surface area contributed by atoms with Crippen molar-refractivity contribution in [2.24, 2.45) is 0 Å². The minimum Gasteiger partial charge on any atom is -0.407 e. The van der Waals surface area contributed by atoms with Crippen LogP contribution >= 0.6 is 0 Å². The summed E-state index contributed by atoms with van der Waals surface area (Å²) in [6.45, 7) is 1.23. The van der Waals surface area contributed by atoms with Crippen molar-refractivity contribution >= 4 is 11.0 Å². The minimum atomic E-state index is 0.475. The summed E-state index contributed by atoms with van der Waals surface area (Å²) < 4.78 is 3.89. The predicted octanol–water partition coefficient (Wildman–Crippen LogP) is 4.58. The summed E-state index contributed by atoms with van der Waals surface area (Å²) in [5.74, 6) is 0.802. The lowest BCUT2D eigenvalue weighted by molar-refractivity contribution is 0.110. The molecule has 0 radical (unpaired) electrons. The zero-order valence-electron chi connectivity index (χ0n) is 15.8. The monoisotopic (exact) mass is 380 g/mol. The number of hydrogen-bond acceptors (Lipinski definition) is 3. The van der Waals surface area contributed by atoms with E-state index in [-0.39, 0.29) is 0 Å². The molecule has 2 aromatic heterocycles. The van der Waals surface area contributed by atoms with Gasteiger partial charge < -0.3 is 9.40 Å². The molecule has 0 amide bonds. The molecule has 0 saturated heterocycles. The van der Waals surface area contributed by atoms with Gasteiger partial charge in [0.25, 0.3) is 0 Å².